The van der Waals surface area contributed by atoms with E-state index in [-0.39, 0.29) is 17.9 Å². The highest BCUT2D eigenvalue weighted by molar-refractivity contribution is 5.94. The van der Waals surface area contributed by atoms with E-state index >= 15 is 0 Å². The second kappa shape index (κ2) is 9.72. The van der Waals surface area contributed by atoms with E-state index in [4.69, 9.17) is 4.74 Å². The van der Waals surface area contributed by atoms with E-state index in [1.807, 2.05) is 25.1 Å². The summed E-state index contributed by atoms with van der Waals surface area (Å²) in [5, 5.41) is 3.16. The van der Waals surface area contributed by atoms with Gasteiger partial charge in [-0.1, -0.05) is 30.7 Å². The molecule has 2 amide bonds. The molecule has 1 saturated heterocycles. The second-order valence-corrected chi connectivity index (χ2v) is 9.08. The maximum absolute atomic E-state index is 13.5. The van der Waals surface area contributed by atoms with Crippen LogP contribution in [0.5, 0.6) is 5.75 Å². The summed E-state index contributed by atoms with van der Waals surface area (Å²) < 4.78 is 19.6. The molecule has 32 heavy (non-hydrogen) atoms. The van der Waals surface area contributed by atoms with Crippen molar-refractivity contribution in [2.45, 2.75) is 51.5 Å². The number of aryl methyl sites for hydroxylation is 1. The van der Waals surface area contributed by atoms with Crippen LogP contribution in [0.4, 0.5) is 4.39 Å². The second-order valence-electron chi connectivity index (χ2n) is 9.08. The Kier molecular flexibility index (Phi) is 6.77. The van der Waals surface area contributed by atoms with Crippen molar-refractivity contribution >= 4 is 11.8 Å². The summed E-state index contributed by atoms with van der Waals surface area (Å²) in [6.07, 6.45) is 4.88. The largest absolute Gasteiger partial charge is 0.491 e. The fraction of sp³-hybridized carbons (Fsp3) is 0.462. The lowest BCUT2D eigenvalue weighted by Crippen LogP contribution is -2.52. The Hall–Kier alpha value is -2.89. The number of carbonyl (C=O) groups excluding carboxylic acids is 2. The number of fused-ring (bicyclic) bond motifs is 1. The van der Waals surface area contributed by atoms with Crippen molar-refractivity contribution in [1.82, 2.24) is 10.2 Å². The predicted octanol–water partition coefficient (Wildman–Crippen LogP) is 4.36. The molecule has 6 heteroatoms. The van der Waals surface area contributed by atoms with Crippen LogP contribution in [0.1, 0.15) is 54.9 Å². The van der Waals surface area contributed by atoms with E-state index in [1.54, 1.807) is 17.0 Å². The molecule has 1 atom stereocenters. The average Bonchev–Trinajstić information content (AvgIpc) is 2.80. The van der Waals surface area contributed by atoms with Crippen molar-refractivity contribution in [2.24, 2.45) is 5.41 Å². The van der Waals surface area contributed by atoms with Gasteiger partial charge in [0.15, 0.2) is 0 Å². The molecular weight excluding hydrogens is 407 g/mol. The van der Waals surface area contributed by atoms with Crippen LogP contribution in [-0.2, 0) is 11.2 Å². The first-order valence-electron chi connectivity index (χ1n) is 11.5. The highest BCUT2D eigenvalue weighted by Crippen LogP contribution is 2.38. The number of nitrogens with one attached hydrogen (secondary N) is 1. The molecule has 2 aromatic carbocycles. The zero-order valence-corrected chi connectivity index (χ0v) is 18.6. The molecule has 0 radical (unpaired) electrons. The van der Waals surface area contributed by atoms with E-state index < -0.39 is 11.2 Å². The fourth-order valence-corrected chi connectivity index (χ4v) is 4.80. The first-order valence-corrected chi connectivity index (χ1v) is 11.5. The molecule has 0 bridgehead atoms. The van der Waals surface area contributed by atoms with Crippen molar-refractivity contribution < 1.29 is 18.7 Å². The molecule has 0 aromatic heterocycles. The van der Waals surface area contributed by atoms with E-state index in [9.17, 15) is 14.0 Å². The van der Waals surface area contributed by atoms with E-state index in [1.165, 1.54) is 17.7 Å². The average molecular weight is 439 g/mol. The Bertz CT molecular complexity index is 969. The van der Waals surface area contributed by atoms with Gasteiger partial charge in [-0.15, -0.1) is 0 Å². The molecular formula is C26H31FN2O3. The number of halogens is 1. The molecule has 2 aliphatic heterocycles. The van der Waals surface area contributed by atoms with Gasteiger partial charge in [0.2, 0.25) is 5.91 Å². The molecule has 0 unspecified atom stereocenters. The molecule has 0 aliphatic carbocycles. The summed E-state index contributed by atoms with van der Waals surface area (Å²) >= 11 is 0. The van der Waals surface area contributed by atoms with Gasteiger partial charge < -0.3 is 15.0 Å². The molecule has 2 heterocycles. The van der Waals surface area contributed by atoms with Crippen LogP contribution < -0.4 is 10.1 Å². The Balaban J connectivity index is 1.45. The minimum absolute atomic E-state index is 0.0558. The SMILES string of the molecule is C[C@@H]1COc2ccccc2CCCCC2(CCN(C(=O)c3cccc(F)c3)CC2)C(=O)N1. The van der Waals surface area contributed by atoms with Crippen LogP contribution in [0.3, 0.4) is 0 Å². The van der Waals surface area contributed by atoms with Crippen LogP contribution in [-0.4, -0.2) is 42.5 Å². The first-order chi connectivity index (χ1) is 15.5. The highest BCUT2D eigenvalue weighted by Gasteiger charge is 2.42. The zero-order valence-electron chi connectivity index (χ0n) is 18.6. The van der Waals surface area contributed by atoms with Crippen LogP contribution in [0, 0.1) is 11.2 Å². The molecule has 0 saturated carbocycles. The number of hydrogen-bond donors (Lipinski definition) is 1. The third kappa shape index (κ3) is 4.95. The normalized spacial score (nSPS) is 21.5. The Morgan fingerprint density at radius 2 is 1.88 bits per heavy atom. The summed E-state index contributed by atoms with van der Waals surface area (Å²) in [4.78, 5) is 27.9. The van der Waals surface area contributed by atoms with E-state index in [0.717, 1.165) is 31.4 Å². The smallest absolute Gasteiger partial charge is 0.253 e. The number of carbonyl (C=O) groups is 2. The summed E-state index contributed by atoms with van der Waals surface area (Å²) in [6.45, 7) is 3.37. The molecule has 170 valence electrons. The van der Waals surface area contributed by atoms with Gasteiger partial charge >= 0.3 is 0 Å². The van der Waals surface area contributed by atoms with Crippen molar-refractivity contribution in [3.05, 3.63) is 65.5 Å². The van der Waals surface area contributed by atoms with Crippen molar-refractivity contribution in [2.75, 3.05) is 19.7 Å². The highest BCUT2D eigenvalue weighted by atomic mass is 19.1. The van der Waals surface area contributed by atoms with Gasteiger partial charge in [0.25, 0.3) is 5.91 Å². The van der Waals surface area contributed by atoms with E-state index in [2.05, 4.69) is 11.4 Å². The van der Waals surface area contributed by atoms with Gasteiger partial charge in [-0.25, -0.2) is 4.39 Å². The summed E-state index contributed by atoms with van der Waals surface area (Å²) in [5.74, 6) is 0.362. The number of benzene rings is 2. The summed E-state index contributed by atoms with van der Waals surface area (Å²) in [6, 6.07) is 13.8. The molecule has 2 aliphatic rings. The van der Waals surface area contributed by atoms with Crippen LogP contribution in [0.2, 0.25) is 0 Å². The Morgan fingerprint density at radius 3 is 2.66 bits per heavy atom. The molecule has 1 fully saturated rings. The topological polar surface area (TPSA) is 58.6 Å². The van der Waals surface area contributed by atoms with Crippen LogP contribution in [0.25, 0.3) is 0 Å². The number of likely N-dealkylation sites (tertiary alicyclic amines) is 1. The van der Waals surface area contributed by atoms with Gasteiger partial charge in [-0.05, 0) is 68.9 Å². The fourth-order valence-electron chi connectivity index (χ4n) is 4.80. The van der Waals surface area contributed by atoms with Gasteiger partial charge in [-0.2, -0.15) is 0 Å². The molecule has 2 aromatic rings. The lowest BCUT2D eigenvalue weighted by atomic mass is 9.73. The van der Waals surface area contributed by atoms with Crippen molar-refractivity contribution in [1.29, 1.82) is 0 Å². The maximum Gasteiger partial charge on any atom is 0.253 e. The van der Waals surface area contributed by atoms with Gasteiger partial charge in [0, 0.05) is 18.7 Å². The number of amides is 2. The lowest BCUT2D eigenvalue weighted by Gasteiger charge is -2.41. The standard InChI is InChI=1S/C26H31FN2O3/c1-19-18-32-23-11-3-2-7-20(23)8-4-5-12-26(25(31)28-19)13-15-29(16-14-26)24(30)21-9-6-10-22(27)17-21/h2-3,6-7,9-11,17,19H,4-5,8,12-16,18H2,1H3,(H,28,31)/t19-/m1/s1. The van der Waals surface area contributed by atoms with Gasteiger partial charge in [-0.3, -0.25) is 9.59 Å². The van der Waals surface area contributed by atoms with Crippen LogP contribution in [0.15, 0.2) is 48.5 Å². The lowest BCUT2D eigenvalue weighted by molar-refractivity contribution is -0.135. The number of ether oxygens (including phenoxy) is 1. The Morgan fingerprint density at radius 1 is 1.09 bits per heavy atom. The molecule has 1 spiro atoms. The Labute approximate surface area is 188 Å². The predicted molar refractivity (Wildman–Crippen MR) is 121 cm³/mol. The molecule has 5 nitrogen and oxygen atoms in total. The zero-order chi connectivity index (χ0) is 22.6. The number of para-hydroxylation sites is 1. The number of piperidine rings is 1. The van der Waals surface area contributed by atoms with E-state index in [0.29, 0.717) is 38.1 Å². The van der Waals surface area contributed by atoms with Crippen molar-refractivity contribution in [3.63, 3.8) is 0 Å². The van der Waals surface area contributed by atoms with Crippen LogP contribution >= 0.6 is 0 Å². The molecule has 4 rings (SSSR count). The minimum Gasteiger partial charge on any atom is -0.491 e. The monoisotopic (exact) mass is 438 g/mol. The third-order valence-electron chi connectivity index (χ3n) is 6.75. The maximum atomic E-state index is 13.5. The summed E-state index contributed by atoms with van der Waals surface area (Å²) in [5.41, 5.74) is 1.08. The minimum atomic E-state index is -0.480. The van der Waals surface area contributed by atoms with Gasteiger partial charge in [0.05, 0.1) is 11.5 Å². The number of rotatable bonds is 1. The van der Waals surface area contributed by atoms with Crippen molar-refractivity contribution in [3.8, 4) is 5.75 Å². The molecule has 1 N–H and O–H groups in total. The summed E-state index contributed by atoms with van der Waals surface area (Å²) in [7, 11) is 0. The quantitative estimate of drug-likeness (QED) is 0.720. The number of hydrogen-bond acceptors (Lipinski definition) is 3. The van der Waals surface area contributed by atoms with Gasteiger partial charge in [0.1, 0.15) is 18.2 Å². The first kappa shape index (κ1) is 22.3. The number of nitrogens with zero attached hydrogens (tertiary/aromatic N) is 1. The third-order valence-corrected chi connectivity index (χ3v) is 6.75.